The topological polar surface area (TPSA) is 46.2 Å². The second-order valence-electron chi connectivity index (χ2n) is 3.74. The molecule has 1 aliphatic carbocycles. The highest BCUT2D eigenvalue weighted by atomic mass is 79.9. The van der Waals surface area contributed by atoms with Crippen molar-refractivity contribution in [2.45, 2.75) is 45.1 Å². The molecule has 78 valence electrons. The quantitative estimate of drug-likeness (QED) is 0.799. The predicted molar refractivity (Wildman–Crippen MR) is 57.0 cm³/mol. The van der Waals surface area contributed by atoms with Gasteiger partial charge in [0.2, 0.25) is 0 Å². The Labute approximate surface area is 87.5 Å². The highest BCUT2D eigenvalue weighted by Crippen LogP contribution is 2.26. The lowest BCUT2D eigenvalue weighted by atomic mass is 9.85. The van der Waals surface area contributed by atoms with Gasteiger partial charge in [0.25, 0.3) is 8.46 Å². The minimum atomic E-state index is -3.21. The Bertz CT molecular complexity index is 247. The van der Waals surface area contributed by atoms with Crippen molar-refractivity contribution in [3.63, 3.8) is 0 Å². The molecular formula is C8H16BrNO2S. The second kappa shape index (κ2) is 4.75. The first-order chi connectivity index (χ1) is 5.99. The van der Waals surface area contributed by atoms with Crippen LogP contribution in [0.5, 0.6) is 0 Å². The van der Waals surface area contributed by atoms with E-state index in [0.29, 0.717) is 5.92 Å². The predicted octanol–water partition coefficient (Wildman–Crippen LogP) is 2.18. The molecule has 0 aromatic heterocycles. The zero-order valence-electron chi connectivity index (χ0n) is 7.79. The summed E-state index contributed by atoms with van der Waals surface area (Å²) >= 11 is 2.61. The van der Waals surface area contributed by atoms with Gasteiger partial charge in [-0.3, -0.25) is 0 Å². The van der Waals surface area contributed by atoms with Crippen LogP contribution in [0, 0.1) is 5.92 Å². The molecule has 1 unspecified atom stereocenters. The molecule has 1 saturated carbocycles. The van der Waals surface area contributed by atoms with Crippen LogP contribution < -0.4 is 4.72 Å². The molecule has 1 N–H and O–H groups in total. The average Bonchev–Trinajstić information content (AvgIpc) is 2.03. The second-order valence-corrected chi connectivity index (χ2v) is 7.41. The lowest BCUT2D eigenvalue weighted by Crippen LogP contribution is -2.36. The zero-order chi connectivity index (χ0) is 9.90. The largest absolute Gasteiger partial charge is 0.272 e. The number of halogens is 1. The average molecular weight is 270 g/mol. The first kappa shape index (κ1) is 11.5. The molecular weight excluding hydrogens is 254 g/mol. The Balaban J connectivity index is 2.42. The van der Waals surface area contributed by atoms with Gasteiger partial charge in [-0.1, -0.05) is 19.3 Å². The highest BCUT2D eigenvalue weighted by Gasteiger charge is 2.22. The van der Waals surface area contributed by atoms with Gasteiger partial charge >= 0.3 is 0 Å². The van der Waals surface area contributed by atoms with Gasteiger partial charge < -0.3 is 0 Å². The van der Waals surface area contributed by atoms with Gasteiger partial charge in [0.15, 0.2) is 0 Å². The van der Waals surface area contributed by atoms with Gasteiger partial charge in [0.1, 0.15) is 0 Å². The van der Waals surface area contributed by atoms with Crippen LogP contribution in [-0.2, 0) is 8.46 Å². The van der Waals surface area contributed by atoms with Gasteiger partial charge in [-0.2, -0.15) is 0 Å². The molecule has 0 bridgehead atoms. The fraction of sp³-hybridized carbons (Fsp3) is 1.00. The molecule has 3 nitrogen and oxygen atoms in total. The summed E-state index contributed by atoms with van der Waals surface area (Å²) in [5, 5.41) is 0. The third-order valence-corrected chi connectivity index (χ3v) is 3.90. The summed E-state index contributed by atoms with van der Waals surface area (Å²) in [4.78, 5) is 0. The number of hydrogen-bond donors (Lipinski definition) is 1. The van der Waals surface area contributed by atoms with Gasteiger partial charge in [0, 0.05) is 6.04 Å². The summed E-state index contributed by atoms with van der Waals surface area (Å²) < 4.78 is 24.4. The van der Waals surface area contributed by atoms with E-state index in [-0.39, 0.29) is 6.04 Å². The Morgan fingerprint density at radius 2 is 1.85 bits per heavy atom. The molecule has 0 spiro atoms. The van der Waals surface area contributed by atoms with E-state index in [9.17, 15) is 8.42 Å². The smallest absolute Gasteiger partial charge is 0.203 e. The molecule has 0 aliphatic heterocycles. The number of nitrogens with one attached hydrogen (secondary N) is 1. The summed E-state index contributed by atoms with van der Waals surface area (Å²) in [6.07, 6.45) is 6.07. The molecule has 0 saturated heterocycles. The molecule has 1 rings (SSSR count). The third kappa shape index (κ3) is 4.42. The summed E-state index contributed by atoms with van der Waals surface area (Å²) in [6.45, 7) is 1.94. The summed E-state index contributed by atoms with van der Waals surface area (Å²) in [5.74, 6) is 0.515. The maximum atomic E-state index is 10.9. The van der Waals surface area contributed by atoms with Crippen molar-refractivity contribution in [2.75, 3.05) is 0 Å². The van der Waals surface area contributed by atoms with E-state index in [1.807, 2.05) is 6.92 Å². The molecule has 0 heterocycles. The van der Waals surface area contributed by atoms with Crippen molar-refractivity contribution in [3.8, 4) is 0 Å². The summed E-state index contributed by atoms with van der Waals surface area (Å²) in [6, 6.07) is 0.0599. The fourth-order valence-electron chi connectivity index (χ4n) is 1.95. The lowest BCUT2D eigenvalue weighted by Gasteiger charge is -2.27. The molecule has 5 heteroatoms. The fourth-order valence-corrected chi connectivity index (χ4v) is 3.47. The van der Waals surface area contributed by atoms with Gasteiger partial charge in [-0.25, -0.2) is 13.1 Å². The summed E-state index contributed by atoms with van der Waals surface area (Å²) in [7, 11) is -3.21. The van der Waals surface area contributed by atoms with Crippen LogP contribution >= 0.6 is 14.8 Å². The van der Waals surface area contributed by atoms with E-state index in [2.05, 4.69) is 19.5 Å². The van der Waals surface area contributed by atoms with Crippen LogP contribution in [-0.4, -0.2) is 14.5 Å². The first-order valence-electron chi connectivity index (χ1n) is 4.71. The zero-order valence-corrected chi connectivity index (χ0v) is 10.2. The first-order valence-corrected chi connectivity index (χ1v) is 8.03. The SMILES string of the molecule is CC(NS(=O)(=O)Br)C1CCCCC1. The lowest BCUT2D eigenvalue weighted by molar-refractivity contribution is 0.304. The van der Waals surface area contributed by atoms with Crippen molar-refractivity contribution in [3.05, 3.63) is 0 Å². The van der Waals surface area contributed by atoms with Crippen molar-refractivity contribution in [2.24, 2.45) is 5.92 Å². The maximum absolute atomic E-state index is 10.9. The van der Waals surface area contributed by atoms with Gasteiger partial charge in [-0.15, -0.1) is 0 Å². The molecule has 0 radical (unpaired) electrons. The maximum Gasteiger partial charge on any atom is 0.272 e. The van der Waals surface area contributed by atoms with Crippen molar-refractivity contribution in [1.82, 2.24) is 4.72 Å². The molecule has 0 aromatic carbocycles. The van der Waals surface area contributed by atoms with E-state index in [4.69, 9.17) is 0 Å². The van der Waals surface area contributed by atoms with Crippen LogP contribution in [0.3, 0.4) is 0 Å². The molecule has 0 amide bonds. The molecule has 13 heavy (non-hydrogen) atoms. The van der Waals surface area contributed by atoms with Crippen LogP contribution in [0.15, 0.2) is 0 Å². The third-order valence-electron chi connectivity index (χ3n) is 2.68. The minimum absolute atomic E-state index is 0.0599. The normalized spacial score (nSPS) is 22.9. The standard InChI is InChI=1S/C8H16BrNO2S/c1-7(10-13(9,11)12)8-5-3-2-4-6-8/h7-8,10H,2-6H2,1H3. The van der Waals surface area contributed by atoms with Gasteiger partial charge in [-0.05, 0) is 25.7 Å². The molecule has 1 fully saturated rings. The van der Waals surface area contributed by atoms with E-state index in [0.717, 1.165) is 12.8 Å². The van der Waals surface area contributed by atoms with Crippen molar-refractivity contribution >= 4 is 23.3 Å². The number of rotatable bonds is 3. The van der Waals surface area contributed by atoms with Crippen molar-refractivity contribution < 1.29 is 8.42 Å². The van der Waals surface area contributed by atoms with E-state index >= 15 is 0 Å². The molecule has 1 atom stereocenters. The van der Waals surface area contributed by atoms with E-state index < -0.39 is 8.46 Å². The van der Waals surface area contributed by atoms with Crippen LogP contribution in [0.25, 0.3) is 0 Å². The van der Waals surface area contributed by atoms with Crippen LogP contribution in [0.2, 0.25) is 0 Å². The Morgan fingerprint density at radius 3 is 2.31 bits per heavy atom. The van der Waals surface area contributed by atoms with Crippen molar-refractivity contribution in [1.29, 1.82) is 0 Å². The minimum Gasteiger partial charge on any atom is -0.203 e. The summed E-state index contributed by atoms with van der Waals surface area (Å²) in [5.41, 5.74) is 0. The monoisotopic (exact) mass is 269 g/mol. The van der Waals surface area contributed by atoms with Crippen LogP contribution in [0.4, 0.5) is 0 Å². The van der Waals surface area contributed by atoms with E-state index in [1.165, 1.54) is 19.3 Å². The van der Waals surface area contributed by atoms with Crippen LogP contribution in [0.1, 0.15) is 39.0 Å². The Morgan fingerprint density at radius 1 is 1.31 bits per heavy atom. The molecule has 1 aliphatic rings. The van der Waals surface area contributed by atoms with E-state index in [1.54, 1.807) is 0 Å². The molecule has 0 aromatic rings. The highest BCUT2D eigenvalue weighted by molar-refractivity contribution is 9.47. The number of hydrogen-bond acceptors (Lipinski definition) is 2. The van der Waals surface area contributed by atoms with Gasteiger partial charge in [0.05, 0.1) is 14.8 Å². The Hall–Kier alpha value is 0.390. The Kier molecular flexibility index (Phi) is 4.19.